The lowest BCUT2D eigenvalue weighted by Gasteiger charge is -2.24. The van der Waals surface area contributed by atoms with Gasteiger partial charge in [-0.25, -0.2) is 0 Å². The molecule has 24 heavy (non-hydrogen) atoms. The van der Waals surface area contributed by atoms with Crippen LogP contribution in [0.5, 0.6) is 0 Å². The number of aromatic nitrogens is 4. The van der Waals surface area contributed by atoms with Crippen molar-refractivity contribution in [3.05, 3.63) is 53.5 Å². The minimum atomic E-state index is 0.0507. The third-order valence-electron chi connectivity index (χ3n) is 3.66. The Hall–Kier alpha value is -2.12. The van der Waals surface area contributed by atoms with E-state index in [9.17, 15) is 0 Å². The molecule has 0 aliphatic heterocycles. The molecule has 3 aromatic rings. The normalized spacial score (nSPS) is 12.8. The Bertz CT molecular complexity index is 710. The van der Waals surface area contributed by atoms with E-state index in [0.29, 0.717) is 25.5 Å². The van der Waals surface area contributed by atoms with Crippen LogP contribution in [-0.4, -0.2) is 37.4 Å². The third-order valence-corrected chi connectivity index (χ3v) is 4.01. The second-order valence-electron chi connectivity index (χ2n) is 5.83. The summed E-state index contributed by atoms with van der Waals surface area (Å²) in [5.74, 6) is 2.07. The standard InChI is InChI=1S/C16H20ClN5O2/c1-12-6-15(23-19-12)10-21(11-16-7-13(2)20-24-16)9-14(8-17)22-5-3-4-18-22/h3-7,14H,8-11H2,1-2H3/t14-/m0/s1. The molecule has 0 N–H and O–H groups in total. The molecule has 0 unspecified atom stereocenters. The number of nitrogens with zero attached hydrogens (tertiary/aromatic N) is 5. The van der Waals surface area contributed by atoms with Crippen LogP contribution in [0.3, 0.4) is 0 Å². The lowest BCUT2D eigenvalue weighted by Crippen LogP contribution is -2.31. The van der Waals surface area contributed by atoms with E-state index in [4.69, 9.17) is 20.6 Å². The molecule has 0 radical (unpaired) electrons. The summed E-state index contributed by atoms with van der Waals surface area (Å²) >= 11 is 6.16. The molecular weight excluding hydrogens is 330 g/mol. The third kappa shape index (κ3) is 4.24. The first-order valence-corrected chi connectivity index (χ1v) is 8.29. The number of hydrogen-bond acceptors (Lipinski definition) is 6. The number of rotatable bonds is 8. The molecule has 7 nitrogen and oxygen atoms in total. The van der Waals surface area contributed by atoms with Gasteiger partial charge in [-0.1, -0.05) is 10.3 Å². The van der Waals surface area contributed by atoms with Gasteiger partial charge in [-0.05, 0) is 19.9 Å². The Morgan fingerprint density at radius 1 is 1.12 bits per heavy atom. The van der Waals surface area contributed by atoms with Gasteiger partial charge in [-0.3, -0.25) is 9.58 Å². The van der Waals surface area contributed by atoms with E-state index in [-0.39, 0.29) is 6.04 Å². The summed E-state index contributed by atoms with van der Waals surface area (Å²) < 4.78 is 12.6. The van der Waals surface area contributed by atoms with Crippen LogP contribution in [0.1, 0.15) is 29.0 Å². The van der Waals surface area contributed by atoms with Crippen LogP contribution in [0.4, 0.5) is 0 Å². The van der Waals surface area contributed by atoms with E-state index in [1.165, 1.54) is 0 Å². The van der Waals surface area contributed by atoms with Crippen molar-refractivity contribution in [1.29, 1.82) is 0 Å². The van der Waals surface area contributed by atoms with E-state index in [2.05, 4.69) is 20.3 Å². The fourth-order valence-corrected chi connectivity index (χ4v) is 2.84. The second kappa shape index (κ2) is 7.63. The first-order valence-electron chi connectivity index (χ1n) is 7.76. The number of alkyl halides is 1. The average molecular weight is 350 g/mol. The van der Waals surface area contributed by atoms with Gasteiger partial charge in [0.2, 0.25) is 0 Å². The van der Waals surface area contributed by atoms with Crippen LogP contribution in [-0.2, 0) is 13.1 Å². The molecule has 8 heteroatoms. The van der Waals surface area contributed by atoms with E-state index in [1.54, 1.807) is 6.20 Å². The molecule has 0 spiro atoms. The van der Waals surface area contributed by atoms with Crippen molar-refractivity contribution in [2.45, 2.75) is 33.0 Å². The monoisotopic (exact) mass is 349 g/mol. The lowest BCUT2D eigenvalue weighted by molar-refractivity contribution is 0.175. The molecule has 3 heterocycles. The number of aryl methyl sites for hydroxylation is 2. The highest BCUT2D eigenvalue weighted by molar-refractivity contribution is 6.18. The molecule has 0 amide bonds. The largest absolute Gasteiger partial charge is 0.360 e. The van der Waals surface area contributed by atoms with Crippen LogP contribution in [0.2, 0.25) is 0 Å². The molecule has 0 aliphatic rings. The van der Waals surface area contributed by atoms with E-state index >= 15 is 0 Å². The van der Waals surface area contributed by atoms with Gasteiger partial charge in [0, 0.05) is 37.0 Å². The van der Waals surface area contributed by atoms with Crippen LogP contribution < -0.4 is 0 Å². The van der Waals surface area contributed by atoms with Crippen molar-refractivity contribution in [1.82, 2.24) is 25.0 Å². The predicted molar refractivity (Wildman–Crippen MR) is 88.6 cm³/mol. The van der Waals surface area contributed by atoms with E-state index < -0.39 is 0 Å². The van der Waals surface area contributed by atoms with Crippen molar-refractivity contribution in [2.75, 3.05) is 12.4 Å². The summed E-state index contributed by atoms with van der Waals surface area (Å²) in [6, 6.07) is 5.81. The minimum absolute atomic E-state index is 0.0507. The molecule has 3 rings (SSSR count). The molecule has 0 fully saturated rings. The lowest BCUT2D eigenvalue weighted by atomic mass is 10.2. The number of hydrogen-bond donors (Lipinski definition) is 0. The van der Waals surface area contributed by atoms with Gasteiger partial charge in [-0.2, -0.15) is 5.10 Å². The summed E-state index contributed by atoms with van der Waals surface area (Å²) in [7, 11) is 0. The summed E-state index contributed by atoms with van der Waals surface area (Å²) in [6.07, 6.45) is 3.67. The summed E-state index contributed by atoms with van der Waals surface area (Å²) in [5, 5.41) is 12.2. The van der Waals surface area contributed by atoms with Crippen molar-refractivity contribution < 1.29 is 9.05 Å². The Balaban J connectivity index is 1.75. The SMILES string of the molecule is Cc1cc(CN(Cc2cc(C)no2)C[C@H](CCl)n2cccn2)on1. The molecule has 0 aromatic carbocycles. The topological polar surface area (TPSA) is 73.1 Å². The molecule has 0 aliphatic carbocycles. The quantitative estimate of drug-likeness (QED) is 0.582. The Morgan fingerprint density at radius 3 is 2.17 bits per heavy atom. The summed E-state index contributed by atoms with van der Waals surface area (Å²) in [5.41, 5.74) is 1.72. The highest BCUT2D eigenvalue weighted by Gasteiger charge is 2.19. The van der Waals surface area contributed by atoms with Gasteiger partial charge >= 0.3 is 0 Å². The van der Waals surface area contributed by atoms with E-state index in [1.807, 2.05) is 42.9 Å². The van der Waals surface area contributed by atoms with Crippen LogP contribution in [0.15, 0.2) is 39.6 Å². The predicted octanol–water partition coefficient (Wildman–Crippen LogP) is 2.96. The first-order chi connectivity index (χ1) is 11.6. The van der Waals surface area contributed by atoms with E-state index in [0.717, 1.165) is 22.9 Å². The zero-order chi connectivity index (χ0) is 16.9. The maximum absolute atomic E-state index is 6.16. The van der Waals surface area contributed by atoms with Crippen molar-refractivity contribution in [3.63, 3.8) is 0 Å². The van der Waals surface area contributed by atoms with Crippen LogP contribution >= 0.6 is 11.6 Å². The minimum Gasteiger partial charge on any atom is -0.360 e. The van der Waals surface area contributed by atoms with Gasteiger partial charge in [0.15, 0.2) is 11.5 Å². The van der Waals surface area contributed by atoms with Crippen molar-refractivity contribution >= 4 is 11.6 Å². The average Bonchev–Trinajstić information content (AvgIpc) is 3.28. The fourth-order valence-electron chi connectivity index (χ4n) is 2.61. The summed E-state index contributed by atoms with van der Waals surface area (Å²) in [4.78, 5) is 2.19. The maximum Gasteiger partial charge on any atom is 0.150 e. The highest BCUT2D eigenvalue weighted by Crippen LogP contribution is 2.17. The van der Waals surface area contributed by atoms with Gasteiger partial charge in [0.1, 0.15) is 0 Å². The zero-order valence-electron chi connectivity index (χ0n) is 13.7. The molecule has 1 atom stereocenters. The van der Waals surface area contributed by atoms with Crippen LogP contribution in [0, 0.1) is 13.8 Å². The molecule has 0 saturated heterocycles. The molecular formula is C16H20ClN5O2. The number of halogens is 1. The maximum atomic E-state index is 6.16. The molecule has 0 bridgehead atoms. The Labute approximate surface area is 145 Å². The summed E-state index contributed by atoms with van der Waals surface area (Å²) in [6.45, 7) is 5.72. The van der Waals surface area contributed by atoms with Gasteiger partial charge in [0.25, 0.3) is 0 Å². The zero-order valence-corrected chi connectivity index (χ0v) is 14.5. The molecule has 128 valence electrons. The van der Waals surface area contributed by atoms with Gasteiger partial charge < -0.3 is 9.05 Å². The Kier molecular flexibility index (Phi) is 5.32. The van der Waals surface area contributed by atoms with Gasteiger partial charge in [0.05, 0.1) is 30.5 Å². The molecule has 0 saturated carbocycles. The van der Waals surface area contributed by atoms with Crippen molar-refractivity contribution in [3.8, 4) is 0 Å². The van der Waals surface area contributed by atoms with Gasteiger partial charge in [-0.15, -0.1) is 11.6 Å². The highest BCUT2D eigenvalue weighted by atomic mass is 35.5. The Morgan fingerprint density at radius 2 is 1.75 bits per heavy atom. The van der Waals surface area contributed by atoms with Crippen LogP contribution in [0.25, 0.3) is 0 Å². The van der Waals surface area contributed by atoms with Crippen molar-refractivity contribution in [2.24, 2.45) is 0 Å². The first kappa shape index (κ1) is 16.7. The molecule has 3 aromatic heterocycles. The smallest absolute Gasteiger partial charge is 0.150 e. The fraction of sp³-hybridized carbons (Fsp3) is 0.438. The second-order valence-corrected chi connectivity index (χ2v) is 6.14.